The molecule has 3 nitrogen and oxygen atoms in total. The Bertz CT molecular complexity index is 662. The van der Waals surface area contributed by atoms with Crippen LogP contribution < -0.4 is 4.90 Å². The Kier molecular flexibility index (Phi) is 3.73. The van der Waals surface area contributed by atoms with Gasteiger partial charge >= 0.3 is 6.18 Å². The lowest BCUT2D eigenvalue weighted by molar-refractivity contribution is -0.179. The molecule has 2 aromatic rings. The molecule has 3 heterocycles. The third-order valence-electron chi connectivity index (χ3n) is 3.73. The summed E-state index contributed by atoms with van der Waals surface area (Å²) in [6.07, 6.45) is -3.92. The molecule has 2 aromatic heterocycles. The van der Waals surface area contributed by atoms with Crippen molar-refractivity contribution in [3.8, 4) is 0 Å². The summed E-state index contributed by atoms with van der Waals surface area (Å²) in [6.45, 7) is 2.63. The van der Waals surface area contributed by atoms with Crippen molar-refractivity contribution < 1.29 is 13.2 Å². The van der Waals surface area contributed by atoms with Crippen molar-refractivity contribution in [1.82, 2.24) is 9.97 Å². The first-order chi connectivity index (χ1) is 9.84. The van der Waals surface area contributed by atoms with Crippen LogP contribution in [-0.4, -0.2) is 29.2 Å². The normalized spacial score (nSPS) is 17.7. The van der Waals surface area contributed by atoms with Crippen LogP contribution in [0.5, 0.6) is 0 Å². The first kappa shape index (κ1) is 14.8. The highest BCUT2D eigenvalue weighted by molar-refractivity contribution is 7.18. The third-order valence-corrected chi connectivity index (χ3v) is 4.84. The van der Waals surface area contributed by atoms with E-state index in [2.05, 4.69) is 9.97 Å². The maximum atomic E-state index is 12.7. The first-order valence-corrected chi connectivity index (χ1v) is 7.79. The number of piperidine rings is 1. The van der Waals surface area contributed by atoms with Gasteiger partial charge in [0, 0.05) is 18.0 Å². The van der Waals surface area contributed by atoms with Gasteiger partial charge in [0.15, 0.2) is 0 Å². The number of fused-ring (bicyclic) bond motifs is 1. The number of halogens is 4. The number of anilines is 1. The molecule has 0 radical (unpaired) electrons. The van der Waals surface area contributed by atoms with Gasteiger partial charge in [-0.3, -0.25) is 0 Å². The summed E-state index contributed by atoms with van der Waals surface area (Å²) in [5.41, 5.74) is 0. The van der Waals surface area contributed by atoms with E-state index in [4.69, 9.17) is 11.6 Å². The predicted octanol–water partition coefficient (Wildman–Crippen LogP) is 4.43. The van der Waals surface area contributed by atoms with Crippen LogP contribution in [0, 0.1) is 12.8 Å². The van der Waals surface area contributed by atoms with Crippen LogP contribution in [0.25, 0.3) is 10.2 Å². The topological polar surface area (TPSA) is 29.0 Å². The Hall–Kier alpha value is -1.08. The SMILES string of the molecule is Cc1cc2c(N3CCC(C(F)(F)F)CC3)nc(Cl)nc2s1. The standard InChI is InChI=1S/C13H13ClF3N3S/c1-7-6-9-10(18-12(14)19-11(9)21-7)20-4-2-8(3-5-20)13(15,16)17/h6,8H,2-5H2,1H3. The van der Waals surface area contributed by atoms with Crippen LogP contribution in [0.4, 0.5) is 19.0 Å². The molecular weight excluding hydrogens is 323 g/mol. The van der Waals surface area contributed by atoms with Crippen molar-refractivity contribution in [3.63, 3.8) is 0 Å². The van der Waals surface area contributed by atoms with E-state index in [-0.39, 0.29) is 18.1 Å². The second-order valence-electron chi connectivity index (χ2n) is 5.20. The average molecular weight is 336 g/mol. The second kappa shape index (κ2) is 5.28. The minimum absolute atomic E-state index is 0.0930. The number of hydrogen-bond donors (Lipinski definition) is 0. The highest BCUT2D eigenvalue weighted by Crippen LogP contribution is 2.37. The monoisotopic (exact) mass is 335 g/mol. The van der Waals surface area contributed by atoms with Crippen molar-refractivity contribution in [2.24, 2.45) is 5.92 Å². The highest BCUT2D eigenvalue weighted by atomic mass is 35.5. The molecule has 1 saturated heterocycles. The van der Waals surface area contributed by atoms with Crippen molar-refractivity contribution in [2.45, 2.75) is 25.9 Å². The average Bonchev–Trinajstić information content (AvgIpc) is 2.77. The molecule has 0 aromatic carbocycles. The van der Waals surface area contributed by atoms with E-state index in [1.165, 1.54) is 11.3 Å². The number of thiophene rings is 1. The molecular formula is C13H13ClF3N3S. The van der Waals surface area contributed by atoms with Crippen molar-refractivity contribution in [1.29, 1.82) is 0 Å². The minimum Gasteiger partial charge on any atom is -0.356 e. The molecule has 1 aliphatic rings. The molecule has 21 heavy (non-hydrogen) atoms. The maximum Gasteiger partial charge on any atom is 0.391 e. The van der Waals surface area contributed by atoms with Crippen LogP contribution >= 0.6 is 22.9 Å². The van der Waals surface area contributed by atoms with Gasteiger partial charge in [-0.1, -0.05) is 0 Å². The zero-order valence-electron chi connectivity index (χ0n) is 11.2. The van der Waals surface area contributed by atoms with Crippen LogP contribution in [0.15, 0.2) is 6.07 Å². The molecule has 0 spiro atoms. The molecule has 114 valence electrons. The summed E-state index contributed by atoms with van der Waals surface area (Å²) in [5, 5.41) is 1.00. The van der Waals surface area contributed by atoms with E-state index in [1.54, 1.807) is 0 Å². The van der Waals surface area contributed by atoms with E-state index in [0.29, 0.717) is 18.9 Å². The molecule has 1 fully saturated rings. The molecule has 0 amide bonds. The molecule has 1 aliphatic heterocycles. The zero-order valence-corrected chi connectivity index (χ0v) is 12.8. The summed E-state index contributed by atoms with van der Waals surface area (Å²) < 4.78 is 38.2. The zero-order chi connectivity index (χ0) is 15.2. The summed E-state index contributed by atoms with van der Waals surface area (Å²) in [5.74, 6) is -0.569. The third kappa shape index (κ3) is 2.94. The lowest BCUT2D eigenvalue weighted by Gasteiger charge is -2.33. The van der Waals surface area contributed by atoms with E-state index >= 15 is 0 Å². The molecule has 0 bridgehead atoms. The summed E-state index contributed by atoms with van der Waals surface area (Å²) in [4.78, 5) is 12.1. The van der Waals surface area contributed by atoms with Gasteiger partial charge in [0.05, 0.1) is 11.3 Å². The summed E-state index contributed by atoms with van der Waals surface area (Å²) in [6, 6.07) is 1.96. The van der Waals surface area contributed by atoms with E-state index < -0.39 is 12.1 Å². The summed E-state index contributed by atoms with van der Waals surface area (Å²) in [7, 11) is 0. The van der Waals surface area contributed by atoms with Gasteiger partial charge in [0.1, 0.15) is 10.6 Å². The fourth-order valence-corrected chi connectivity index (χ4v) is 3.75. The van der Waals surface area contributed by atoms with E-state index in [1.807, 2.05) is 17.9 Å². The van der Waals surface area contributed by atoms with E-state index in [9.17, 15) is 13.2 Å². The molecule has 0 aliphatic carbocycles. The lowest BCUT2D eigenvalue weighted by Crippen LogP contribution is -2.39. The van der Waals surface area contributed by atoms with Crippen LogP contribution in [0.2, 0.25) is 5.28 Å². The molecule has 3 rings (SSSR count). The van der Waals surface area contributed by atoms with Gasteiger partial charge < -0.3 is 4.90 Å². The lowest BCUT2D eigenvalue weighted by atomic mass is 9.96. The molecule has 0 atom stereocenters. The molecule has 0 saturated carbocycles. The Morgan fingerprint density at radius 1 is 1.29 bits per heavy atom. The van der Waals surface area contributed by atoms with Gasteiger partial charge in [-0.25, -0.2) is 4.98 Å². The number of nitrogens with zero attached hydrogens (tertiary/aromatic N) is 3. The molecule has 0 N–H and O–H groups in total. The fraction of sp³-hybridized carbons (Fsp3) is 0.538. The minimum atomic E-state index is -4.11. The number of aryl methyl sites for hydroxylation is 1. The van der Waals surface area contributed by atoms with Gasteiger partial charge in [-0.15, -0.1) is 11.3 Å². The van der Waals surface area contributed by atoms with Crippen molar-refractivity contribution in [3.05, 3.63) is 16.2 Å². The van der Waals surface area contributed by atoms with Gasteiger partial charge in [0.25, 0.3) is 0 Å². The maximum absolute atomic E-state index is 12.7. The number of aromatic nitrogens is 2. The van der Waals surface area contributed by atoms with Gasteiger partial charge in [-0.2, -0.15) is 18.2 Å². The summed E-state index contributed by atoms with van der Waals surface area (Å²) >= 11 is 7.44. The smallest absolute Gasteiger partial charge is 0.356 e. The largest absolute Gasteiger partial charge is 0.391 e. The number of hydrogen-bond acceptors (Lipinski definition) is 4. The first-order valence-electron chi connectivity index (χ1n) is 6.60. The Morgan fingerprint density at radius 2 is 1.95 bits per heavy atom. The van der Waals surface area contributed by atoms with Gasteiger partial charge in [0.2, 0.25) is 5.28 Å². The van der Waals surface area contributed by atoms with E-state index in [0.717, 1.165) is 15.1 Å². The van der Waals surface area contributed by atoms with Crippen molar-refractivity contribution in [2.75, 3.05) is 18.0 Å². The van der Waals surface area contributed by atoms with Crippen molar-refractivity contribution >= 4 is 39.0 Å². The number of alkyl halides is 3. The Morgan fingerprint density at radius 3 is 2.57 bits per heavy atom. The fourth-order valence-electron chi connectivity index (χ4n) is 2.66. The van der Waals surface area contributed by atoms with Gasteiger partial charge in [-0.05, 0) is 37.4 Å². The Balaban J connectivity index is 1.88. The molecule has 0 unspecified atom stereocenters. The van der Waals surface area contributed by atoms with Crippen LogP contribution in [-0.2, 0) is 0 Å². The number of rotatable bonds is 1. The van der Waals surface area contributed by atoms with Crippen LogP contribution in [0.1, 0.15) is 17.7 Å². The predicted molar refractivity (Wildman–Crippen MR) is 78.2 cm³/mol. The quantitative estimate of drug-likeness (QED) is 0.722. The second-order valence-corrected chi connectivity index (χ2v) is 6.77. The Labute approximate surface area is 128 Å². The van der Waals surface area contributed by atoms with Crippen LogP contribution in [0.3, 0.4) is 0 Å². The highest BCUT2D eigenvalue weighted by Gasteiger charge is 2.41. The molecule has 8 heteroatoms.